The van der Waals surface area contributed by atoms with Crippen LogP contribution in [-0.4, -0.2) is 11.7 Å². The van der Waals surface area contributed by atoms with Crippen molar-refractivity contribution in [3.63, 3.8) is 0 Å². The number of rotatable bonds is 1. The fourth-order valence-electron chi connectivity index (χ4n) is 2.99. The van der Waals surface area contributed by atoms with Gasteiger partial charge in [-0.1, -0.05) is 12.8 Å². The highest BCUT2D eigenvalue weighted by molar-refractivity contribution is 5.88. The number of amides is 2. The lowest BCUT2D eigenvalue weighted by molar-refractivity contribution is 0.247. The maximum absolute atomic E-state index is 10.6. The Hall–Kier alpha value is -1.06. The highest BCUT2D eigenvalue weighted by Gasteiger charge is 2.32. The Morgan fingerprint density at radius 1 is 1.27 bits per heavy atom. The number of carbonyl (C=O) groups is 1. The molecule has 0 aromatic heterocycles. The van der Waals surface area contributed by atoms with Gasteiger partial charge in [-0.05, 0) is 38.0 Å². The van der Waals surface area contributed by atoms with Crippen LogP contribution in [0.3, 0.4) is 0 Å². The van der Waals surface area contributed by atoms with Gasteiger partial charge in [-0.15, -0.1) is 0 Å². The summed E-state index contributed by atoms with van der Waals surface area (Å²) < 4.78 is 0. The summed E-state index contributed by atoms with van der Waals surface area (Å²) in [5.41, 5.74) is 8.57. The smallest absolute Gasteiger partial charge is 0.332 e. The van der Waals surface area contributed by atoms with Crippen molar-refractivity contribution in [2.24, 2.45) is 22.7 Å². The number of nitrogens with two attached hydrogens (primary N) is 1. The van der Waals surface area contributed by atoms with Gasteiger partial charge in [-0.25, -0.2) is 10.2 Å². The van der Waals surface area contributed by atoms with Crippen molar-refractivity contribution in [3.8, 4) is 0 Å². The van der Waals surface area contributed by atoms with Crippen molar-refractivity contribution in [2.75, 3.05) is 0 Å². The van der Waals surface area contributed by atoms with Gasteiger partial charge in [0.1, 0.15) is 0 Å². The number of primary amides is 1. The molecule has 0 aromatic rings. The summed E-state index contributed by atoms with van der Waals surface area (Å²) in [5, 5.41) is 4.16. The Labute approximate surface area is 90.3 Å². The topological polar surface area (TPSA) is 67.5 Å². The monoisotopic (exact) mass is 209 g/mol. The minimum atomic E-state index is -0.555. The molecule has 0 spiro atoms. The van der Waals surface area contributed by atoms with E-state index in [0.29, 0.717) is 5.92 Å². The Bertz CT molecular complexity index is 273. The first kappa shape index (κ1) is 10.5. The van der Waals surface area contributed by atoms with E-state index < -0.39 is 6.03 Å². The van der Waals surface area contributed by atoms with Crippen LogP contribution in [0.25, 0.3) is 0 Å². The molecule has 0 radical (unpaired) electrons. The van der Waals surface area contributed by atoms with Crippen LogP contribution in [0.4, 0.5) is 4.79 Å². The number of hydrazone groups is 1. The zero-order valence-corrected chi connectivity index (χ0v) is 9.04. The van der Waals surface area contributed by atoms with Gasteiger partial charge in [0.05, 0.1) is 0 Å². The van der Waals surface area contributed by atoms with Crippen molar-refractivity contribution < 1.29 is 4.79 Å². The molecule has 84 valence electrons. The lowest BCUT2D eigenvalue weighted by atomic mass is 9.70. The maximum atomic E-state index is 10.6. The number of carbonyl (C=O) groups excluding carboxylic acids is 1. The minimum absolute atomic E-state index is 0.555. The second-order valence-corrected chi connectivity index (χ2v) is 4.62. The SMILES string of the molecule is NC(=O)N/N=C1/CCC[C@@H]2CCCC[C@H]12. The van der Waals surface area contributed by atoms with Crippen LogP contribution in [0, 0.1) is 11.8 Å². The van der Waals surface area contributed by atoms with E-state index in [-0.39, 0.29) is 0 Å². The van der Waals surface area contributed by atoms with Crippen LogP contribution < -0.4 is 11.2 Å². The predicted octanol–water partition coefficient (Wildman–Crippen LogP) is 2.00. The van der Waals surface area contributed by atoms with E-state index in [1.807, 2.05) is 0 Å². The fourth-order valence-corrected chi connectivity index (χ4v) is 2.99. The summed E-state index contributed by atoms with van der Waals surface area (Å²) in [6.07, 6.45) is 8.81. The molecule has 0 bridgehead atoms. The first-order valence-electron chi connectivity index (χ1n) is 5.89. The molecule has 3 N–H and O–H groups in total. The molecule has 2 saturated carbocycles. The highest BCUT2D eigenvalue weighted by Crippen LogP contribution is 2.38. The van der Waals surface area contributed by atoms with Crippen LogP contribution in [0.15, 0.2) is 5.10 Å². The normalized spacial score (nSPS) is 33.5. The van der Waals surface area contributed by atoms with Crippen molar-refractivity contribution in [3.05, 3.63) is 0 Å². The van der Waals surface area contributed by atoms with E-state index in [0.717, 1.165) is 12.3 Å². The summed E-state index contributed by atoms with van der Waals surface area (Å²) in [4.78, 5) is 10.6. The van der Waals surface area contributed by atoms with Gasteiger partial charge in [0.2, 0.25) is 0 Å². The van der Waals surface area contributed by atoms with E-state index in [1.165, 1.54) is 44.2 Å². The second kappa shape index (κ2) is 4.64. The number of hydrogen-bond acceptors (Lipinski definition) is 2. The Morgan fingerprint density at radius 2 is 2.00 bits per heavy atom. The second-order valence-electron chi connectivity index (χ2n) is 4.62. The first-order chi connectivity index (χ1) is 7.27. The summed E-state index contributed by atoms with van der Waals surface area (Å²) in [6, 6.07) is -0.555. The number of fused-ring (bicyclic) bond motifs is 1. The molecule has 0 saturated heterocycles. The number of hydrogen-bond donors (Lipinski definition) is 2. The maximum Gasteiger partial charge on any atom is 0.332 e. The third-order valence-electron chi connectivity index (χ3n) is 3.65. The van der Waals surface area contributed by atoms with Crippen molar-refractivity contribution in [1.29, 1.82) is 0 Å². The molecule has 0 aromatic carbocycles. The molecule has 2 rings (SSSR count). The van der Waals surface area contributed by atoms with Crippen LogP contribution >= 0.6 is 0 Å². The third-order valence-corrected chi connectivity index (χ3v) is 3.65. The molecule has 2 aliphatic rings. The van der Waals surface area contributed by atoms with Crippen molar-refractivity contribution in [1.82, 2.24) is 5.43 Å². The molecular weight excluding hydrogens is 190 g/mol. The number of urea groups is 1. The van der Waals surface area contributed by atoms with Gasteiger partial charge in [-0.3, -0.25) is 0 Å². The summed E-state index contributed by atoms with van der Waals surface area (Å²) in [6.45, 7) is 0. The predicted molar refractivity (Wildman–Crippen MR) is 59.5 cm³/mol. The van der Waals surface area contributed by atoms with Gasteiger partial charge in [0.25, 0.3) is 0 Å². The largest absolute Gasteiger partial charge is 0.350 e. The van der Waals surface area contributed by atoms with Gasteiger partial charge in [-0.2, -0.15) is 5.10 Å². The van der Waals surface area contributed by atoms with Crippen LogP contribution in [0.5, 0.6) is 0 Å². The van der Waals surface area contributed by atoms with Gasteiger partial charge in [0, 0.05) is 11.6 Å². The van der Waals surface area contributed by atoms with E-state index in [1.54, 1.807) is 0 Å². The average molecular weight is 209 g/mol. The summed E-state index contributed by atoms with van der Waals surface area (Å²) in [5.74, 6) is 1.42. The van der Waals surface area contributed by atoms with Crippen LogP contribution in [-0.2, 0) is 0 Å². The van der Waals surface area contributed by atoms with Gasteiger partial charge < -0.3 is 5.73 Å². The van der Waals surface area contributed by atoms with Crippen molar-refractivity contribution >= 4 is 11.7 Å². The molecule has 0 aliphatic heterocycles. The quantitative estimate of drug-likeness (QED) is 0.637. The Balaban J connectivity index is 2.03. The highest BCUT2D eigenvalue weighted by atomic mass is 16.2. The number of nitrogens with one attached hydrogen (secondary N) is 1. The summed E-state index contributed by atoms with van der Waals surface area (Å²) in [7, 11) is 0. The van der Waals surface area contributed by atoms with Crippen molar-refractivity contribution in [2.45, 2.75) is 44.9 Å². The zero-order chi connectivity index (χ0) is 10.7. The summed E-state index contributed by atoms with van der Waals surface area (Å²) >= 11 is 0. The van der Waals surface area contributed by atoms with Crippen LogP contribution in [0.1, 0.15) is 44.9 Å². The van der Waals surface area contributed by atoms with E-state index in [4.69, 9.17) is 5.73 Å². The third kappa shape index (κ3) is 2.49. The van der Waals surface area contributed by atoms with Gasteiger partial charge in [0.15, 0.2) is 0 Å². The average Bonchev–Trinajstić information content (AvgIpc) is 2.26. The van der Waals surface area contributed by atoms with E-state index in [2.05, 4.69) is 10.5 Å². The van der Waals surface area contributed by atoms with Gasteiger partial charge >= 0.3 is 6.03 Å². The molecular formula is C11H19N3O. The standard InChI is InChI=1S/C11H19N3O/c12-11(15)14-13-10-7-3-5-8-4-1-2-6-9(8)10/h8-9H,1-7H2,(H3,12,14,15)/b13-10-/t8-,9-/m0/s1. The molecule has 0 unspecified atom stereocenters. The lowest BCUT2D eigenvalue weighted by Crippen LogP contribution is -2.34. The van der Waals surface area contributed by atoms with E-state index in [9.17, 15) is 4.79 Å². The molecule has 2 amide bonds. The Morgan fingerprint density at radius 3 is 2.80 bits per heavy atom. The molecule has 2 fully saturated rings. The van der Waals surface area contributed by atoms with Crippen LogP contribution in [0.2, 0.25) is 0 Å². The molecule has 2 atom stereocenters. The molecule has 2 aliphatic carbocycles. The fraction of sp³-hybridized carbons (Fsp3) is 0.818. The molecule has 4 nitrogen and oxygen atoms in total. The molecule has 4 heteroatoms. The number of nitrogens with zero attached hydrogens (tertiary/aromatic N) is 1. The van der Waals surface area contributed by atoms with E-state index >= 15 is 0 Å². The molecule has 0 heterocycles. The zero-order valence-electron chi connectivity index (χ0n) is 9.04. The minimum Gasteiger partial charge on any atom is -0.350 e. The Kier molecular flexibility index (Phi) is 3.23. The lowest BCUT2D eigenvalue weighted by Gasteiger charge is -2.36. The first-order valence-corrected chi connectivity index (χ1v) is 5.89. The molecule has 15 heavy (non-hydrogen) atoms.